The number of aromatic hydroxyl groups is 1. The molecule has 2 rings (SSSR count). The minimum atomic E-state index is -0.795. The Bertz CT molecular complexity index is 474. The average molecular weight is 221 g/mol. The van der Waals surface area contributed by atoms with E-state index >= 15 is 0 Å². The average Bonchev–Trinajstić information content (AvgIpc) is 2.18. The molecule has 0 spiro atoms. The number of phenols is 1. The van der Waals surface area contributed by atoms with Gasteiger partial charge in [-0.05, 0) is 43.9 Å². The number of hydrogen-bond acceptors (Lipinski definition) is 3. The van der Waals surface area contributed by atoms with Gasteiger partial charge in [-0.15, -0.1) is 0 Å². The highest BCUT2D eigenvalue weighted by Crippen LogP contribution is 2.46. The minimum absolute atomic E-state index is 0.0313. The molecule has 0 unspecified atom stereocenters. The molecule has 0 heterocycles. The Hall–Kier alpha value is -1.67. The predicted molar refractivity (Wildman–Crippen MR) is 56.5 cm³/mol. The van der Waals surface area contributed by atoms with Gasteiger partial charge < -0.3 is 5.11 Å². The van der Waals surface area contributed by atoms with Crippen molar-refractivity contribution in [3.05, 3.63) is 29.1 Å². The lowest BCUT2D eigenvalue weighted by Gasteiger charge is -2.37. The zero-order valence-corrected chi connectivity index (χ0v) is 8.96. The Morgan fingerprint density at radius 2 is 2.19 bits per heavy atom. The maximum absolute atomic E-state index is 13.8. The first kappa shape index (κ1) is 10.8. The molecule has 0 bridgehead atoms. The Kier molecular flexibility index (Phi) is 2.52. The summed E-state index contributed by atoms with van der Waals surface area (Å²) < 4.78 is 13.8. The van der Waals surface area contributed by atoms with Crippen molar-refractivity contribution in [2.75, 3.05) is 0 Å². The van der Waals surface area contributed by atoms with Crippen LogP contribution in [0.4, 0.5) is 4.39 Å². The highest BCUT2D eigenvalue weighted by molar-refractivity contribution is 5.44. The van der Waals surface area contributed by atoms with Crippen LogP contribution in [0.15, 0.2) is 17.1 Å². The number of halogens is 1. The third-order valence-electron chi connectivity index (χ3n) is 3.23. The van der Waals surface area contributed by atoms with Crippen LogP contribution in [0, 0.1) is 12.7 Å². The smallest absolute Gasteiger partial charge is 0.235 e. The van der Waals surface area contributed by atoms with E-state index in [4.69, 9.17) is 0 Å². The number of isocyanates is 1. The molecule has 1 N–H and O–H groups in total. The van der Waals surface area contributed by atoms with E-state index in [0.717, 1.165) is 6.42 Å². The molecule has 0 radical (unpaired) electrons. The third-order valence-corrected chi connectivity index (χ3v) is 3.23. The molecule has 84 valence electrons. The van der Waals surface area contributed by atoms with Crippen LogP contribution in [-0.2, 0) is 10.3 Å². The van der Waals surface area contributed by atoms with Gasteiger partial charge in [0, 0.05) is 5.56 Å². The van der Waals surface area contributed by atoms with Crippen LogP contribution in [0.25, 0.3) is 0 Å². The van der Waals surface area contributed by atoms with Crippen molar-refractivity contribution in [1.82, 2.24) is 0 Å². The summed E-state index contributed by atoms with van der Waals surface area (Å²) in [5, 5.41) is 9.57. The first-order valence-corrected chi connectivity index (χ1v) is 5.18. The number of rotatable bonds is 2. The molecule has 16 heavy (non-hydrogen) atoms. The standard InChI is InChI=1S/C12H12FNO2/c1-8-5-10(13)9(6-11(8)16)12(14-7-15)3-2-4-12/h5-6,16H,2-4H2,1H3. The van der Waals surface area contributed by atoms with E-state index in [1.807, 2.05) is 0 Å². The molecular weight excluding hydrogens is 209 g/mol. The van der Waals surface area contributed by atoms with Crippen molar-refractivity contribution in [3.63, 3.8) is 0 Å². The number of carbonyl (C=O) groups excluding carboxylic acids is 1. The number of benzene rings is 1. The molecule has 0 aromatic heterocycles. The van der Waals surface area contributed by atoms with Crippen LogP contribution in [0.2, 0.25) is 0 Å². The third kappa shape index (κ3) is 1.51. The second-order valence-electron chi connectivity index (χ2n) is 4.21. The summed E-state index contributed by atoms with van der Waals surface area (Å²) in [6, 6.07) is 2.63. The predicted octanol–water partition coefficient (Wildman–Crippen LogP) is 2.55. The maximum Gasteiger partial charge on any atom is 0.235 e. The summed E-state index contributed by atoms with van der Waals surface area (Å²) in [4.78, 5) is 14.1. The van der Waals surface area contributed by atoms with Gasteiger partial charge in [-0.1, -0.05) is 0 Å². The number of hydrogen-bond donors (Lipinski definition) is 1. The van der Waals surface area contributed by atoms with E-state index in [2.05, 4.69) is 4.99 Å². The van der Waals surface area contributed by atoms with Gasteiger partial charge in [0.2, 0.25) is 6.08 Å². The van der Waals surface area contributed by atoms with Crippen LogP contribution < -0.4 is 0 Å². The minimum Gasteiger partial charge on any atom is -0.508 e. The largest absolute Gasteiger partial charge is 0.508 e. The number of aryl methyl sites for hydroxylation is 1. The molecule has 1 aliphatic rings. The van der Waals surface area contributed by atoms with Crippen LogP contribution in [0.3, 0.4) is 0 Å². The second-order valence-corrected chi connectivity index (χ2v) is 4.21. The molecule has 0 saturated heterocycles. The van der Waals surface area contributed by atoms with E-state index in [-0.39, 0.29) is 5.75 Å². The molecule has 0 amide bonds. The van der Waals surface area contributed by atoms with Crippen molar-refractivity contribution in [1.29, 1.82) is 0 Å². The molecule has 4 heteroatoms. The highest BCUT2D eigenvalue weighted by Gasteiger charge is 2.41. The quantitative estimate of drug-likeness (QED) is 0.616. The molecule has 0 atom stereocenters. The van der Waals surface area contributed by atoms with E-state index in [1.54, 1.807) is 6.92 Å². The summed E-state index contributed by atoms with van der Waals surface area (Å²) in [5.74, 6) is -0.391. The molecule has 3 nitrogen and oxygen atoms in total. The SMILES string of the molecule is Cc1cc(F)c(C2(N=C=O)CCC2)cc1O. The molecule has 0 aliphatic heterocycles. The lowest BCUT2D eigenvalue weighted by atomic mass is 9.72. The van der Waals surface area contributed by atoms with Crippen LogP contribution in [-0.4, -0.2) is 11.2 Å². The Morgan fingerprint density at radius 3 is 2.69 bits per heavy atom. The fourth-order valence-corrected chi connectivity index (χ4v) is 2.06. The fraction of sp³-hybridized carbons (Fsp3) is 0.417. The highest BCUT2D eigenvalue weighted by atomic mass is 19.1. The van der Waals surface area contributed by atoms with E-state index < -0.39 is 11.4 Å². The molecule has 1 saturated carbocycles. The summed E-state index contributed by atoms with van der Waals surface area (Å²) in [7, 11) is 0. The lowest BCUT2D eigenvalue weighted by molar-refractivity contribution is 0.246. The van der Waals surface area contributed by atoms with Gasteiger partial charge in [-0.25, -0.2) is 9.18 Å². The molecule has 1 aliphatic carbocycles. The molecule has 1 aromatic rings. The van der Waals surface area contributed by atoms with Gasteiger partial charge in [0.15, 0.2) is 0 Å². The summed E-state index contributed by atoms with van der Waals surface area (Å²) >= 11 is 0. The van der Waals surface area contributed by atoms with E-state index in [1.165, 1.54) is 18.2 Å². The van der Waals surface area contributed by atoms with Crippen LogP contribution in [0.1, 0.15) is 30.4 Å². The molecular formula is C12H12FNO2. The van der Waals surface area contributed by atoms with E-state index in [9.17, 15) is 14.3 Å². The Morgan fingerprint density at radius 1 is 1.50 bits per heavy atom. The maximum atomic E-state index is 13.8. The van der Waals surface area contributed by atoms with Gasteiger partial charge in [-0.3, -0.25) is 0 Å². The number of phenolic OH excluding ortho intramolecular Hbond substituents is 1. The first-order valence-electron chi connectivity index (χ1n) is 5.18. The van der Waals surface area contributed by atoms with Gasteiger partial charge in [0.1, 0.15) is 17.1 Å². The topological polar surface area (TPSA) is 49.7 Å². The number of nitrogens with zero attached hydrogens (tertiary/aromatic N) is 1. The van der Waals surface area contributed by atoms with Crippen molar-refractivity contribution >= 4 is 6.08 Å². The van der Waals surface area contributed by atoms with E-state index in [0.29, 0.717) is 24.0 Å². The van der Waals surface area contributed by atoms with Crippen molar-refractivity contribution in [3.8, 4) is 5.75 Å². The second kappa shape index (κ2) is 3.72. The fourth-order valence-electron chi connectivity index (χ4n) is 2.06. The van der Waals surface area contributed by atoms with Crippen LogP contribution in [0.5, 0.6) is 5.75 Å². The first-order chi connectivity index (χ1) is 7.59. The summed E-state index contributed by atoms with van der Waals surface area (Å²) in [6.07, 6.45) is 3.65. The van der Waals surface area contributed by atoms with Crippen molar-refractivity contribution < 1.29 is 14.3 Å². The van der Waals surface area contributed by atoms with Gasteiger partial charge in [0.25, 0.3) is 0 Å². The van der Waals surface area contributed by atoms with Crippen LogP contribution >= 0.6 is 0 Å². The zero-order chi connectivity index (χ0) is 11.8. The zero-order valence-electron chi connectivity index (χ0n) is 8.96. The molecule has 1 aromatic carbocycles. The van der Waals surface area contributed by atoms with Gasteiger partial charge in [-0.2, -0.15) is 4.99 Å². The Balaban J connectivity index is 2.54. The van der Waals surface area contributed by atoms with Crippen molar-refractivity contribution in [2.45, 2.75) is 31.7 Å². The van der Waals surface area contributed by atoms with Gasteiger partial charge >= 0.3 is 0 Å². The summed E-state index contributed by atoms with van der Waals surface area (Å²) in [5.41, 5.74) is -0.0205. The molecule has 1 fully saturated rings. The van der Waals surface area contributed by atoms with Gasteiger partial charge in [0.05, 0.1) is 0 Å². The Labute approximate surface area is 92.6 Å². The lowest BCUT2D eigenvalue weighted by Crippen LogP contribution is -2.33. The normalized spacial score (nSPS) is 17.4. The monoisotopic (exact) mass is 221 g/mol. The summed E-state index contributed by atoms with van der Waals surface area (Å²) in [6.45, 7) is 1.62. The number of aliphatic imine (C=N–C) groups is 1. The van der Waals surface area contributed by atoms with Crippen molar-refractivity contribution in [2.24, 2.45) is 4.99 Å².